The minimum absolute atomic E-state index is 0.109. The number of benzene rings is 1. The lowest BCUT2D eigenvalue weighted by molar-refractivity contribution is -0.385. The van der Waals surface area contributed by atoms with E-state index in [1.807, 2.05) is 26.8 Å². The summed E-state index contributed by atoms with van der Waals surface area (Å²) in [6, 6.07) is 5.03. The van der Waals surface area contributed by atoms with Gasteiger partial charge in [0.2, 0.25) is 0 Å². The third-order valence-corrected chi connectivity index (χ3v) is 3.41. The number of nitrogens with two attached hydrogens (primary N) is 1. The first-order valence-corrected chi connectivity index (χ1v) is 6.64. The predicted octanol–water partition coefficient (Wildman–Crippen LogP) is 2.42. The first kappa shape index (κ1) is 15.0. The third kappa shape index (κ3) is 2.86. The van der Waals surface area contributed by atoms with E-state index in [4.69, 9.17) is 5.73 Å². The van der Waals surface area contributed by atoms with Crippen LogP contribution in [0.25, 0.3) is 0 Å². The van der Waals surface area contributed by atoms with Crippen LogP contribution in [0.3, 0.4) is 0 Å². The van der Waals surface area contributed by atoms with Crippen LogP contribution in [-0.2, 0) is 12.0 Å². The summed E-state index contributed by atoms with van der Waals surface area (Å²) in [6.45, 7) is 8.23. The summed E-state index contributed by atoms with van der Waals surface area (Å²) in [6.07, 6.45) is 0. The fourth-order valence-corrected chi connectivity index (χ4v) is 2.41. The molecule has 0 unspecified atom stereocenters. The maximum Gasteiger partial charge on any atom is 0.272 e. The number of anilines is 1. The highest BCUT2D eigenvalue weighted by Gasteiger charge is 2.25. The van der Waals surface area contributed by atoms with Gasteiger partial charge in [0.15, 0.2) is 5.82 Å². The fraction of sp³-hybridized carbons (Fsp3) is 0.429. The maximum absolute atomic E-state index is 11.0. The van der Waals surface area contributed by atoms with Gasteiger partial charge in [-0.2, -0.15) is 0 Å². The van der Waals surface area contributed by atoms with Crippen molar-refractivity contribution in [2.75, 3.05) is 5.73 Å². The van der Waals surface area contributed by atoms with Crippen molar-refractivity contribution in [2.45, 2.75) is 39.7 Å². The molecular formula is C14H19N5O2. The first-order valence-electron chi connectivity index (χ1n) is 6.64. The third-order valence-electron chi connectivity index (χ3n) is 3.41. The van der Waals surface area contributed by atoms with Crippen LogP contribution in [0, 0.1) is 17.0 Å². The van der Waals surface area contributed by atoms with E-state index in [-0.39, 0.29) is 16.0 Å². The smallest absolute Gasteiger partial charge is 0.272 e. The average Bonchev–Trinajstić information content (AvgIpc) is 2.72. The van der Waals surface area contributed by atoms with Crippen molar-refractivity contribution in [1.29, 1.82) is 0 Å². The molecule has 2 aromatic rings. The van der Waals surface area contributed by atoms with Gasteiger partial charge in [-0.3, -0.25) is 10.1 Å². The first-order chi connectivity index (χ1) is 9.71. The molecule has 0 aliphatic heterocycles. The lowest BCUT2D eigenvalue weighted by atomic mass is 9.91. The molecule has 7 nitrogen and oxygen atoms in total. The number of hydrogen-bond acceptors (Lipinski definition) is 5. The van der Waals surface area contributed by atoms with Crippen LogP contribution in [0.5, 0.6) is 0 Å². The molecule has 2 rings (SSSR count). The quantitative estimate of drug-likeness (QED) is 0.691. The van der Waals surface area contributed by atoms with Crippen LogP contribution in [0.4, 0.5) is 11.5 Å². The van der Waals surface area contributed by atoms with Crippen molar-refractivity contribution in [3.63, 3.8) is 0 Å². The van der Waals surface area contributed by atoms with Gasteiger partial charge in [-0.1, -0.05) is 38.1 Å². The minimum Gasteiger partial charge on any atom is -0.381 e. The van der Waals surface area contributed by atoms with Gasteiger partial charge in [0, 0.05) is 17.0 Å². The lowest BCUT2D eigenvalue weighted by Crippen LogP contribution is -2.20. The summed E-state index contributed by atoms with van der Waals surface area (Å²) >= 11 is 0. The van der Waals surface area contributed by atoms with Crippen molar-refractivity contribution in [3.8, 4) is 0 Å². The van der Waals surface area contributed by atoms with Gasteiger partial charge < -0.3 is 5.73 Å². The largest absolute Gasteiger partial charge is 0.381 e. The number of nitro groups is 1. The van der Waals surface area contributed by atoms with Gasteiger partial charge in [-0.25, -0.2) is 4.68 Å². The molecule has 1 heterocycles. The molecule has 2 N–H and O–H groups in total. The number of nitrogens with zero attached hydrogens (tertiary/aromatic N) is 4. The molecule has 0 saturated heterocycles. The van der Waals surface area contributed by atoms with E-state index in [1.165, 1.54) is 6.07 Å². The minimum atomic E-state index is -0.376. The Labute approximate surface area is 122 Å². The van der Waals surface area contributed by atoms with Crippen LogP contribution >= 0.6 is 0 Å². The van der Waals surface area contributed by atoms with Crippen LogP contribution < -0.4 is 5.73 Å². The van der Waals surface area contributed by atoms with E-state index >= 15 is 0 Å². The Morgan fingerprint density at radius 2 is 2.05 bits per heavy atom. The molecule has 0 bridgehead atoms. The second kappa shape index (κ2) is 5.16. The topological polar surface area (TPSA) is 99.9 Å². The van der Waals surface area contributed by atoms with Crippen molar-refractivity contribution in [3.05, 3.63) is 45.1 Å². The fourth-order valence-electron chi connectivity index (χ4n) is 2.41. The van der Waals surface area contributed by atoms with E-state index in [1.54, 1.807) is 17.7 Å². The van der Waals surface area contributed by atoms with Gasteiger partial charge in [-0.15, -0.1) is 5.10 Å². The second-order valence-corrected chi connectivity index (χ2v) is 6.05. The van der Waals surface area contributed by atoms with Crippen LogP contribution in [0.2, 0.25) is 0 Å². The SMILES string of the molecule is Cc1c(Cn2nnc(N)c2C(C)(C)C)cccc1[N+](=O)[O-]. The molecule has 0 fully saturated rings. The van der Waals surface area contributed by atoms with Gasteiger partial charge in [0.25, 0.3) is 5.69 Å². The van der Waals surface area contributed by atoms with Gasteiger partial charge >= 0.3 is 0 Å². The van der Waals surface area contributed by atoms with E-state index in [9.17, 15) is 10.1 Å². The summed E-state index contributed by atoms with van der Waals surface area (Å²) in [5, 5.41) is 19.0. The summed E-state index contributed by atoms with van der Waals surface area (Å²) in [5.74, 6) is 0.394. The molecule has 1 aromatic heterocycles. The van der Waals surface area contributed by atoms with Gasteiger partial charge in [0.05, 0.1) is 17.2 Å². The Bertz CT molecular complexity index is 685. The lowest BCUT2D eigenvalue weighted by Gasteiger charge is -2.20. The monoisotopic (exact) mass is 289 g/mol. The number of nitro benzene ring substituents is 1. The summed E-state index contributed by atoms with van der Waals surface area (Å²) in [5.41, 5.74) is 8.09. The molecule has 0 radical (unpaired) electrons. The Morgan fingerprint density at radius 1 is 1.38 bits per heavy atom. The van der Waals surface area contributed by atoms with Crippen molar-refractivity contribution in [2.24, 2.45) is 0 Å². The molecular weight excluding hydrogens is 270 g/mol. The molecule has 7 heteroatoms. The second-order valence-electron chi connectivity index (χ2n) is 6.05. The molecule has 0 atom stereocenters. The molecule has 0 aliphatic carbocycles. The van der Waals surface area contributed by atoms with Crippen molar-refractivity contribution < 1.29 is 4.92 Å². The van der Waals surface area contributed by atoms with E-state index in [0.29, 0.717) is 17.9 Å². The van der Waals surface area contributed by atoms with Crippen molar-refractivity contribution in [1.82, 2.24) is 15.0 Å². The van der Waals surface area contributed by atoms with Crippen LogP contribution in [0.1, 0.15) is 37.6 Å². The van der Waals surface area contributed by atoms with Gasteiger partial charge in [-0.05, 0) is 12.5 Å². The molecule has 21 heavy (non-hydrogen) atoms. The van der Waals surface area contributed by atoms with E-state index in [0.717, 1.165) is 11.3 Å². The molecule has 0 saturated carbocycles. The van der Waals surface area contributed by atoms with Gasteiger partial charge in [0.1, 0.15) is 0 Å². The predicted molar refractivity (Wildman–Crippen MR) is 80.1 cm³/mol. The highest BCUT2D eigenvalue weighted by molar-refractivity contribution is 5.45. The summed E-state index contributed by atoms with van der Waals surface area (Å²) < 4.78 is 1.71. The van der Waals surface area contributed by atoms with Crippen molar-refractivity contribution >= 4 is 11.5 Å². The Morgan fingerprint density at radius 3 is 2.62 bits per heavy atom. The highest BCUT2D eigenvalue weighted by atomic mass is 16.6. The molecule has 112 valence electrons. The maximum atomic E-state index is 11.0. The zero-order chi connectivity index (χ0) is 15.8. The summed E-state index contributed by atoms with van der Waals surface area (Å²) in [4.78, 5) is 10.6. The highest BCUT2D eigenvalue weighted by Crippen LogP contribution is 2.28. The average molecular weight is 289 g/mol. The Balaban J connectivity index is 2.45. The molecule has 0 aliphatic rings. The number of hydrogen-bond donors (Lipinski definition) is 1. The zero-order valence-electron chi connectivity index (χ0n) is 12.6. The van der Waals surface area contributed by atoms with E-state index in [2.05, 4.69) is 10.3 Å². The number of rotatable bonds is 3. The Hall–Kier alpha value is -2.44. The molecule has 1 aromatic carbocycles. The van der Waals surface area contributed by atoms with E-state index < -0.39 is 0 Å². The van der Waals surface area contributed by atoms with Crippen LogP contribution in [-0.4, -0.2) is 19.9 Å². The standard InChI is InChI=1S/C14H19N5O2/c1-9-10(6-5-7-11(9)19(20)21)8-18-12(14(2,3)4)13(15)16-17-18/h5-7H,8,15H2,1-4H3. The Kier molecular flexibility index (Phi) is 3.67. The molecule has 0 amide bonds. The normalized spacial score (nSPS) is 11.6. The van der Waals surface area contributed by atoms with Crippen LogP contribution in [0.15, 0.2) is 18.2 Å². The zero-order valence-corrected chi connectivity index (χ0v) is 12.6. The number of aromatic nitrogens is 3. The number of nitrogen functional groups attached to an aromatic ring is 1. The molecule has 0 spiro atoms. The summed E-state index contributed by atoms with van der Waals surface area (Å²) in [7, 11) is 0.